The lowest BCUT2D eigenvalue weighted by Crippen LogP contribution is -2.24. The van der Waals surface area contributed by atoms with Crippen molar-refractivity contribution in [3.8, 4) is 11.5 Å². The first-order valence-corrected chi connectivity index (χ1v) is 9.14. The van der Waals surface area contributed by atoms with Crippen LogP contribution in [0.1, 0.15) is 43.7 Å². The van der Waals surface area contributed by atoms with Crippen LogP contribution in [-0.2, 0) is 4.74 Å². The summed E-state index contributed by atoms with van der Waals surface area (Å²) < 4.78 is 37.9. The fourth-order valence-electron chi connectivity index (χ4n) is 3.17. The average molecular weight is 386 g/mol. The van der Waals surface area contributed by atoms with Gasteiger partial charge in [-0.2, -0.15) is 4.98 Å². The van der Waals surface area contributed by atoms with Gasteiger partial charge in [0.1, 0.15) is 11.9 Å². The third-order valence-electron chi connectivity index (χ3n) is 4.66. The number of nitrogens with zero attached hydrogens (tertiary/aromatic N) is 3. The number of ether oxygens (including phenoxy) is 1. The average Bonchev–Trinajstić information content (AvgIpc) is 3.34. The second-order valence-electron chi connectivity index (χ2n) is 7.05. The fraction of sp³-hybridized carbons (Fsp3) is 0.350. The molecule has 0 aliphatic carbocycles. The van der Waals surface area contributed by atoms with E-state index in [1.807, 2.05) is 19.9 Å². The molecule has 1 saturated heterocycles. The minimum Gasteiger partial charge on any atom is -0.371 e. The second kappa shape index (κ2) is 7.63. The summed E-state index contributed by atoms with van der Waals surface area (Å²) in [7, 11) is 0. The molecule has 0 spiro atoms. The Labute approximate surface area is 160 Å². The quantitative estimate of drug-likeness (QED) is 0.697. The van der Waals surface area contributed by atoms with Gasteiger partial charge >= 0.3 is 0 Å². The molecule has 0 bridgehead atoms. The molecule has 4 rings (SSSR count). The van der Waals surface area contributed by atoms with E-state index in [0.29, 0.717) is 36.1 Å². The van der Waals surface area contributed by atoms with Crippen molar-refractivity contribution < 1.29 is 18.0 Å². The maximum Gasteiger partial charge on any atom is 0.258 e. The van der Waals surface area contributed by atoms with Crippen molar-refractivity contribution in [3.63, 3.8) is 0 Å². The normalized spacial score (nSPS) is 19.3. The van der Waals surface area contributed by atoms with E-state index in [0.717, 1.165) is 11.6 Å². The molecule has 0 radical (unpaired) electrons. The third kappa shape index (κ3) is 3.73. The van der Waals surface area contributed by atoms with E-state index < -0.39 is 17.7 Å². The van der Waals surface area contributed by atoms with Gasteiger partial charge in [-0.3, -0.25) is 0 Å². The number of pyridine rings is 1. The minimum atomic E-state index is -0.885. The molecule has 28 heavy (non-hydrogen) atoms. The number of anilines is 1. The number of hydrogen-bond donors (Lipinski definition) is 1. The Balaban J connectivity index is 1.54. The predicted molar refractivity (Wildman–Crippen MR) is 98.7 cm³/mol. The first-order valence-electron chi connectivity index (χ1n) is 9.14. The molecule has 2 atom stereocenters. The minimum absolute atomic E-state index is 0.124. The van der Waals surface area contributed by atoms with E-state index in [9.17, 15) is 8.78 Å². The van der Waals surface area contributed by atoms with Crippen molar-refractivity contribution >= 4 is 5.82 Å². The molecule has 1 N–H and O–H groups in total. The molecule has 1 aliphatic rings. The third-order valence-corrected chi connectivity index (χ3v) is 4.66. The molecule has 1 aliphatic heterocycles. The Hall–Kier alpha value is -2.87. The van der Waals surface area contributed by atoms with Crippen LogP contribution in [0.2, 0.25) is 0 Å². The van der Waals surface area contributed by atoms with E-state index in [4.69, 9.17) is 9.26 Å². The molecule has 3 aromatic rings. The van der Waals surface area contributed by atoms with E-state index >= 15 is 0 Å². The molecule has 146 valence electrons. The molecule has 2 aromatic heterocycles. The lowest BCUT2D eigenvalue weighted by Gasteiger charge is -2.21. The van der Waals surface area contributed by atoms with Crippen LogP contribution < -0.4 is 5.32 Å². The molecule has 0 saturated carbocycles. The Bertz CT molecular complexity index is 976. The smallest absolute Gasteiger partial charge is 0.258 e. The summed E-state index contributed by atoms with van der Waals surface area (Å²) in [6, 6.07) is 7.32. The molecular weight excluding hydrogens is 366 g/mol. The molecule has 0 amide bonds. The first-order chi connectivity index (χ1) is 13.5. The summed E-state index contributed by atoms with van der Waals surface area (Å²) in [6.07, 6.45) is 1.98. The molecule has 6 nitrogen and oxygen atoms in total. The van der Waals surface area contributed by atoms with Crippen LogP contribution in [0.5, 0.6) is 0 Å². The summed E-state index contributed by atoms with van der Waals surface area (Å²) in [5, 5.41) is 7.30. The summed E-state index contributed by atoms with van der Waals surface area (Å²) in [4.78, 5) is 8.74. The van der Waals surface area contributed by atoms with Crippen molar-refractivity contribution in [3.05, 3.63) is 59.6 Å². The Morgan fingerprint density at radius 1 is 1.14 bits per heavy atom. The molecule has 8 heteroatoms. The van der Waals surface area contributed by atoms with E-state index in [1.54, 1.807) is 18.3 Å². The number of nitrogens with one attached hydrogen (secondary N) is 1. The van der Waals surface area contributed by atoms with Crippen molar-refractivity contribution in [2.45, 2.75) is 38.3 Å². The number of aromatic nitrogens is 3. The Morgan fingerprint density at radius 3 is 2.75 bits per heavy atom. The standard InChI is InChI=1S/C20H20F2N4O2/c1-11(2)19-25-20(28-26-19)13-5-7-23-17(10-13)24-16-6-8-27-18(16)12-3-4-14(21)15(22)9-12/h3-5,7,9-11,16,18H,6,8H2,1-2H3,(H,23,24). The highest BCUT2D eigenvalue weighted by Gasteiger charge is 2.30. The number of halogens is 2. The highest BCUT2D eigenvalue weighted by molar-refractivity contribution is 5.58. The van der Waals surface area contributed by atoms with Gasteiger partial charge in [0, 0.05) is 24.3 Å². The monoisotopic (exact) mass is 386 g/mol. The maximum absolute atomic E-state index is 13.6. The van der Waals surface area contributed by atoms with E-state index in [-0.39, 0.29) is 12.0 Å². The summed E-state index contributed by atoms with van der Waals surface area (Å²) in [5.41, 5.74) is 1.34. The van der Waals surface area contributed by atoms with E-state index in [1.165, 1.54) is 6.07 Å². The van der Waals surface area contributed by atoms with Crippen LogP contribution in [-0.4, -0.2) is 27.8 Å². The second-order valence-corrected chi connectivity index (χ2v) is 7.05. The first kappa shape index (κ1) is 18.5. The van der Waals surface area contributed by atoms with Gasteiger partial charge in [0.15, 0.2) is 17.5 Å². The van der Waals surface area contributed by atoms with Gasteiger partial charge in [0.25, 0.3) is 5.89 Å². The van der Waals surface area contributed by atoms with Gasteiger partial charge < -0.3 is 14.6 Å². The topological polar surface area (TPSA) is 73.1 Å². The van der Waals surface area contributed by atoms with Crippen molar-refractivity contribution in [1.29, 1.82) is 0 Å². The van der Waals surface area contributed by atoms with Gasteiger partial charge in [-0.15, -0.1) is 0 Å². The molecule has 1 fully saturated rings. The largest absolute Gasteiger partial charge is 0.371 e. The highest BCUT2D eigenvalue weighted by atomic mass is 19.2. The maximum atomic E-state index is 13.6. The van der Waals surface area contributed by atoms with Gasteiger partial charge in [0.2, 0.25) is 0 Å². The number of hydrogen-bond acceptors (Lipinski definition) is 6. The van der Waals surface area contributed by atoms with Crippen LogP contribution in [0, 0.1) is 11.6 Å². The molecule has 1 aromatic carbocycles. The Kier molecular flexibility index (Phi) is 5.04. The van der Waals surface area contributed by atoms with Gasteiger partial charge in [-0.05, 0) is 36.2 Å². The van der Waals surface area contributed by atoms with Crippen molar-refractivity contribution in [1.82, 2.24) is 15.1 Å². The van der Waals surface area contributed by atoms with Crippen LogP contribution in [0.4, 0.5) is 14.6 Å². The van der Waals surface area contributed by atoms with Crippen molar-refractivity contribution in [2.24, 2.45) is 0 Å². The van der Waals surface area contributed by atoms with E-state index in [2.05, 4.69) is 20.4 Å². The summed E-state index contributed by atoms with van der Waals surface area (Å²) in [6.45, 7) is 4.50. The zero-order valence-corrected chi connectivity index (χ0v) is 15.5. The number of benzene rings is 1. The zero-order valence-electron chi connectivity index (χ0n) is 15.5. The lowest BCUT2D eigenvalue weighted by atomic mass is 10.0. The van der Waals surface area contributed by atoms with Crippen LogP contribution in [0.3, 0.4) is 0 Å². The van der Waals surface area contributed by atoms with Gasteiger partial charge in [-0.25, -0.2) is 13.8 Å². The summed E-state index contributed by atoms with van der Waals surface area (Å²) in [5.74, 6) is 0.0948. The zero-order chi connectivity index (χ0) is 19.7. The van der Waals surface area contributed by atoms with Gasteiger partial charge in [-0.1, -0.05) is 25.1 Å². The number of rotatable bonds is 5. The SMILES string of the molecule is CC(C)c1noc(-c2ccnc(NC3CCOC3c3ccc(F)c(F)c3)c2)n1. The predicted octanol–water partition coefficient (Wildman–Crippen LogP) is 4.48. The van der Waals surface area contributed by atoms with Gasteiger partial charge in [0.05, 0.1) is 6.04 Å². The molecule has 2 unspecified atom stereocenters. The van der Waals surface area contributed by atoms with Crippen LogP contribution >= 0.6 is 0 Å². The van der Waals surface area contributed by atoms with Crippen molar-refractivity contribution in [2.75, 3.05) is 11.9 Å². The van der Waals surface area contributed by atoms with Crippen LogP contribution in [0.25, 0.3) is 11.5 Å². The van der Waals surface area contributed by atoms with Crippen LogP contribution in [0.15, 0.2) is 41.1 Å². The summed E-state index contributed by atoms with van der Waals surface area (Å²) >= 11 is 0. The highest BCUT2D eigenvalue weighted by Crippen LogP contribution is 2.32. The fourth-order valence-corrected chi connectivity index (χ4v) is 3.17. The lowest BCUT2D eigenvalue weighted by molar-refractivity contribution is 0.107. The Morgan fingerprint density at radius 2 is 2.00 bits per heavy atom. The molecular formula is C20H20F2N4O2. The molecule has 3 heterocycles.